The van der Waals surface area contributed by atoms with Gasteiger partial charge in [-0.05, 0) is 36.8 Å². The van der Waals surface area contributed by atoms with Gasteiger partial charge in [0, 0.05) is 12.1 Å². The molecule has 2 aliphatic rings. The summed E-state index contributed by atoms with van der Waals surface area (Å²) in [5.41, 5.74) is 1.36. The van der Waals surface area contributed by atoms with Crippen molar-refractivity contribution in [2.24, 2.45) is 11.8 Å². The molecule has 0 spiro atoms. The SMILES string of the molecule is O=C1C2CCC(c3ccccc3)CC2C(=O)N1c1cccc([N+](=O)[O-])c1. The molecule has 26 heavy (non-hydrogen) atoms. The number of carbonyl (C=O) groups is 2. The van der Waals surface area contributed by atoms with E-state index in [1.165, 1.54) is 23.8 Å². The van der Waals surface area contributed by atoms with E-state index in [1.54, 1.807) is 6.07 Å². The summed E-state index contributed by atoms with van der Waals surface area (Å²) in [4.78, 5) is 37.4. The Kier molecular flexibility index (Phi) is 4.03. The number of benzene rings is 2. The largest absolute Gasteiger partial charge is 0.274 e. The smallest absolute Gasteiger partial charge is 0.271 e. The zero-order valence-electron chi connectivity index (χ0n) is 14.1. The lowest BCUT2D eigenvalue weighted by Crippen LogP contribution is -2.30. The van der Waals surface area contributed by atoms with Gasteiger partial charge in [0.15, 0.2) is 0 Å². The van der Waals surface area contributed by atoms with E-state index in [4.69, 9.17) is 0 Å². The molecule has 6 heteroatoms. The maximum absolute atomic E-state index is 12.9. The molecule has 0 bridgehead atoms. The van der Waals surface area contributed by atoms with Crippen LogP contribution in [0, 0.1) is 22.0 Å². The van der Waals surface area contributed by atoms with Gasteiger partial charge in [-0.15, -0.1) is 0 Å². The number of hydrogen-bond donors (Lipinski definition) is 0. The summed E-state index contributed by atoms with van der Waals surface area (Å²) in [5.74, 6) is -0.866. The van der Waals surface area contributed by atoms with E-state index in [2.05, 4.69) is 12.1 Å². The van der Waals surface area contributed by atoms with Crippen molar-refractivity contribution in [1.82, 2.24) is 0 Å². The molecule has 2 amide bonds. The van der Waals surface area contributed by atoms with E-state index in [9.17, 15) is 19.7 Å². The minimum atomic E-state index is -0.521. The highest BCUT2D eigenvalue weighted by atomic mass is 16.6. The van der Waals surface area contributed by atoms with Crippen LogP contribution in [0.25, 0.3) is 0 Å². The summed E-state index contributed by atoms with van der Waals surface area (Å²) in [6, 6.07) is 15.8. The Labute approximate surface area is 150 Å². The van der Waals surface area contributed by atoms with E-state index < -0.39 is 4.92 Å². The van der Waals surface area contributed by atoms with Crippen LogP contribution >= 0.6 is 0 Å². The maximum atomic E-state index is 12.9. The van der Waals surface area contributed by atoms with Crippen LogP contribution in [-0.4, -0.2) is 16.7 Å². The minimum absolute atomic E-state index is 0.125. The lowest BCUT2D eigenvalue weighted by molar-refractivity contribution is -0.384. The fraction of sp³-hybridized carbons (Fsp3) is 0.300. The molecule has 132 valence electrons. The van der Waals surface area contributed by atoms with Crippen LogP contribution in [0.1, 0.15) is 30.7 Å². The van der Waals surface area contributed by atoms with E-state index in [0.717, 1.165) is 11.3 Å². The van der Waals surface area contributed by atoms with Crippen molar-refractivity contribution in [3.8, 4) is 0 Å². The van der Waals surface area contributed by atoms with E-state index in [-0.39, 0.29) is 35.3 Å². The van der Waals surface area contributed by atoms with Gasteiger partial charge in [-0.3, -0.25) is 19.7 Å². The number of imide groups is 1. The molecular formula is C20H18N2O4. The Morgan fingerprint density at radius 3 is 2.38 bits per heavy atom. The van der Waals surface area contributed by atoms with Gasteiger partial charge in [0.25, 0.3) is 5.69 Å². The highest BCUT2D eigenvalue weighted by molar-refractivity contribution is 6.22. The number of nitro benzene ring substituents is 1. The molecule has 0 aromatic heterocycles. The number of hydrogen-bond acceptors (Lipinski definition) is 4. The standard InChI is InChI=1S/C20H18N2O4/c23-19-17-10-9-14(13-5-2-1-3-6-13)11-18(17)20(24)21(19)15-7-4-8-16(12-15)22(25)26/h1-8,12,14,17-18H,9-11H2. The topological polar surface area (TPSA) is 80.5 Å². The van der Waals surface area contributed by atoms with Crippen molar-refractivity contribution < 1.29 is 14.5 Å². The molecule has 1 aliphatic heterocycles. The van der Waals surface area contributed by atoms with Crippen LogP contribution in [0.4, 0.5) is 11.4 Å². The molecule has 3 atom stereocenters. The Hall–Kier alpha value is -3.02. The van der Waals surface area contributed by atoms with Gasteiger partial charge in [0.05, 0.1) is 22.4 Å². The molecule has 2 fully saturated rings. The second-order valence-electron chi connectivity index (χ2n) is 6.92. The monoisotopic (exact) mass is 350 g/mol. The summed E-state index contributed by atoms with van der Waals surface area (Å²) >= 11 is 0. The molecule has 4 rings (SSSR count). The molecular weight excluding hydrogens is 332 g/mol. The maximum Gasteiger partial charge on any atom is 0.271 e. The number of nitrogens with zero attached hydrogens (tertiary/aromatic N) is 2. The van der Waals surface area contributed by atoms with E-state index in [1.807, 2.05) is 18.2 Å². The van der Waals surface area contributed by atoms with Gasteiger partial charge >= 0.3 is 0 Å². The van der Waals surface area contributed by atoms with E-state index >= 15 is 0 Å². The fourth-order valence-corrected chi connectivity index (χ4v) is 4.21. The molecule has 0 radical (unpaired) electrons. The first-order valence-electron chi connectivity index (χ1n) is 8.73. The number of anilines is 1. The van der Waals surface area contributed by atoms with Gasteiger partial charge in [0.2, 0.25) is 11.8 Å². The molecule has 0 N–H and O–H groups in total. The van der Waals surface area contributed by atoms with Gasteiger partial charge in [-0.1, -0.05) is 36.4 Å². The Morgan fingerprint density at radius 1 is 0.923 bits per heavy atom. The summed E-state index contributed by atoms with van der Waals surface area (Å²) in [6.45, 7) is 0. The first kappa shape index (κ1) is 16.4. The normalized spacial score (nSPS) is 25.2. The second kappa shape index (κ2) is 6.37. The third kappa shape index (κ3) is 2.67. The lowest BCUT2D eigenvalue weighted by Gasteiger charge is -2.28. The first-order chi connectivity index (χ1) is 12.6. The molecule has 2 aromatic carbocycles. The quantitative estimate of drug-likeness (QED) is 0.480. The van der Waals surface area contributed by atoms with Gasteiger partial charge in [0.1, 0.15) is 0 Å². The zero-order chi connectivity index (χ0) is 18.3. The number of carbonyl (C=O) groups excluding carboxylic acids is 2. The minimum Gasteiger partial charge on any atom is -0.274 e. The van der Waals surface area contributed by atoms with Crippen LogP contribution in [0.5, 0.6) is 0 Å². The Bertz CT molecular complexity index is 880. The average Bonchev–Trinajstić information content (AvgIpc) is 2.92. The Morgan fingerprint density at radius 2 is 1.65 bits per heavy atom. The molecule has 1 aliphatic carbocycles. The van der Waals surface area contributed by atoms with Crippen molar-refractivity contribution in [3.63, 3.8) is 0 Å². The lowest BCUT2D eigenvalue weighted by atomic mass is 9.73. The van der Waals surface area contributed by atoms with Crippen LogP contribution in [0.3, 0.4) is 0 Å². The van der Waals surface area contributed by atoms with Crippen LogP contribution in [-0.2, 0) is 9.59 Å². The van der Waals surface area contributed by atoms with Crippen molar-refractivity contribution in [2.45, 2.75) is 25.2 Å². The molecule has 6 nitrogen and oxygen atoms in total. The highest BCUT2D eigenvalue weighted by Crippen LogP contribution is 2.45. The number of non-ortho nitro benzene ring substituents is 1. The summed E-state index contributed by atoms with van der Waals surface area (Å²) < 4.78 is 0. The number of rotatable bonds is 3. The average molecular weight is 350 g/mol. The molecule has 3 unspecified atom stereocenters. The number of fused-ring (bicyclic) bond motifs is 1. The predicted octanol–water partition coefficient (Wildman–Crippen LogP) is 3.67. The Balaban J connectivity index is 1.61. The fourth-order valence-electron chi connectivity index (χ4n) is 4.21. The number of amides is 2. The summed E-state index contributed by atoms with van der Waals surface area (Å²) in [5, 5.41) is 11.0. The van der Waals surface area contributed by atoms with Gasteiger partial charge in [-0.25, -0.2) is 4.90 Å². The first-order valence-corrected chi connectivity index (χ1v) is 8.73. The van der Waals surface area contributed by atoms with Gasteiger partial charge < -0.3 is 0 Å². The van der Waals surface area contributed by atoms with Crippen LogP contribution in [0.2, 0.25) is 0 Å². The van der Waals surface area contributed by atoms with Crippen LogP contribution < -0.4 is 4.90 Å². The summed E-state index contributed by atoms with van der Waals surface area (Å²) in [7, 11) is 0. The molecule has 1 saturated heterocycles. The molecule has 1 heterocycles. The van der Waals surface area contributed by atoms with Crippen molar-refractivity contribution >= 4 is 23.2 Å². The second-order valence-corrected chi connectivity index (χ2v) is 6.92. The van der Waals surface area contributed by atoms with Crippen molar-refractivity contribution in [2.75, 3.05) is 4.90 Å². The van der Waals surface area contributed by atoms with E-state index in [0.29, 0.717) is 18.5 Å². The zero-order valence-corrected chi connectivity index (χ0v) is 14.1. The molecule has 2 aromatic rings. The summed E-state index contributed by atoms with van der Waals surface area (Å²) in [6.07, 6.45) is 2.18. The van der Waals surface area contributed by atoms with Crippen molar-refractivity contribution in [1.29, 1.82) is 0 Å². The van der Waals surface area contributed by atoms with Crippen molar-refractivity contribution in [3.05, 3.63) is 70.3 Å². The number of nitro groups is 1. The molecule has 1 saturated carbocycles. The third-order valence-electron chi connectivity index (χ3n) is 5.50. The van der Waals surface area contributed by atoms with Gasteiger partial charge in [-0.2, -0.15) is 0 Å². The van der Waals surface area contributed by atoms with Crippen LogP contribution in [0.15, 0.2) is 54.6 Å². The third-order valence-corrected chi connectivity index (χ3v) is 5.50. The predicted molar refractivity (Wildman–Crippen MR) is 95.6 cm³/mol. The highest BCUT2D eigenvalue weighted by Gasteiger charge is 2.50.